The molecule has 4 nitrogen and oxygen atoms in total. The minimum Gasteiger partial charge on any atom is -0.735 e. The number of rotatable bonds is 6. The Balaban J connectivity index is 0.00000220. The molecule has 0 saturated heterocycles. The smallest absolute Gasteiger partial charge is 0.735 e. The normalized spacial score (nSPS) is 11.1. The summed E-state index contributed by atoms with van der Waals surface area (Å²) >= 11 is 0. The van der Waals surface area contributed by atoms with E-state index in [0.717, 1.165) is 11.1 Å². The molecule has 0 bridgehead atoms. The Hall–Kier alpha value is -0.690. The van der Waals surface area contributed by atoms with Gasteiger partial charge < -0.3 is 4.55 Å². The summed E-state index contributed by atoms with van der Waals surface area (Å²) in [7, 11) is -4.38. The fraction of sp³-hybridized carbons (Fsp3) is 0.200. The molecule has 0 spiro atoms. The van der Waals surface area contributed by atoms with Crippen LogP contribution in [0.3, 0.4) is 0 Å². The standard InChI is InChI=1S/C15H17NO3S.Na/c17-20(18,19)16-12-11-15(13-7-3-1-4-8-13)14-9-5-2-6-10-14;/h1-10,15-16H,11-12H2,(H,17,18,19);/q;+1/p-1. The molecule has 0 heterocycles. The second kappa shape index (κ2) is 8.68. The van der Waals surface area contributed by atoms with Crippen molar-refractivity contribution in [2.75, 3.05) is 6.54 Å². The molecule has 0 saturated carbocycles. The van der Waals surface area contributed by atoms with E-state index >= 15 is 0 Å². The van der Waals surface area contributed by atoms with Crippen molar-refractivity contribution in [3.63, 3.8) is 0 Å². The number of benzene rings is 2. The fourth-order valence-electron chi connectivity index (χ4n) is 2.22. The molecule has 0 amide bonds. The summed E-state index contributed by atoms with van der Waals surface area (Å²) in [5.41, 5.74) is 2.20. The van der Waals surface area contributed by atoms with E-state index in [1.807, 2.05) is 65.4 Å². The molecular weight excluding hydrogens is 297 g/mol. The van der Waals surface area contributed by atoms with Gasteiger partial charge in [0, 0.05) is 12.5 Å². The van der Waals surface area contributed by atoms with E-state index in [-0.39, 0.29) is 42.0 Å². The summed E-state index contributed by atoms with van der Waals surface area (Å²) in [6.07, 6.45) is 0.537. The van der Waals surface area contributed by atoms with Gasteiger partial charge in [0.2, 0.25) is 0 Å². The van der Waals surface area contributed by atoms with Crippen LogP contribution in [0.2, 0.25) is 0 Å². The Morgan fingerprint density at radius 1 is 0.905 bits per heavy atom. The topological polar surface area (TPSA) is 69.2 Å². The molecule has 6 heteroatoms. The van der Waals surface area contributed by atoms with Crippen LogP contribution < -0.4 is 34.3 Å². The van der Waals surface area contributed by atoms with Gasteiger partial charge in [0.25, 0.3) is 0 Å². The molecule has 2 aromatic carbocycles. The Bertz CT molecular complexity index is 593. The van der Waals surface area contributed by atoms with Crippen molar-refractivity contribution in [3.8, 4) is 0 Å². The number of hydrogen-bond acceptors (Lipinski definition) is 3. The van der Waals surface area contributed by atoms with Crippen molar-refractivity contribution in [1.29, 1.82) is 0 Å². The van der Waals surface area contributed by atoms with E-state index in [1.54, 1.807) is 0 Å². The molecule has 0 aliphatic carbocycles. The van der Waals surface area contributed by atoms with Crippen molar-refractivity contribution in [1.82, 2.24) is 4.72 Å². The van der Waals surface area contributed by atoms with Crippen LogP contribution in [0, 0.1) is 0 Å². The molecule has 0 aliphatic rings. The summed E-state index contributed by atoms with van der Waals surface area (Å²) in [5.74, 6) is 0.0617. The Kier molecular flexibility index (Phi) is 7.59. The predicted molar refractivity (Wildman–Crippen MR) is 77.0 cm³/mol. The first kappa shape index (κ1) is 18.4. The fourth-order valence-corrected chi connectivity index (χ4v) is 2.59. The Morgan fingerprint density at radius 2 is 1.33 bits per heavy atom. The van der Waals surface area contributed by atoms with Crippen molar-refractivity contribution in [3.05, 3.63) is 71.8 Å². The Morgan fingerprint density at radius 3 is 1.71 bits per heavy atom. The van der Waals surface area contributed by atoms with Crippen molar-refractivity contribution in [2.24, 2.45) is 0 Å². The monoisotopic (exact) mass is 313 g/mol. The van der Waals surface area contributed by atoms with E-state index < -0.39 is 10.3 Å². The van der Waals surface area contributed by atoms with Crippen LogP contribution in [0.1, 0.15) is 23.5 Å². The second-order valence-corrected chi connectivity index (χ2v) is 5.71. The molecule has 0 aromatic heterocycles. The first-order valence-corrected chi connectivity index (χ1v) is 7.77. The minimum atomic E-state index is -4.38. The first-order valence-electron chi connectivity index (χ1n) is 6.36. The SMILES string of the molecule is O=S(=O)([O-])NCCC(c1ccccc1)c1ccccc1.[Na+]. The van der Waals surface area contributed by atoms with Gasteiger partial charge in [0.05, 0.1) is 0 Å². The van der Waals surface area contributed by atoms with Gasteiger partial charge in [0.1, 0.15) is 0 Å². The van der Waals surface area contributed by atoms with Crippen LogP contribution in [0.4, 0.5) is 0 Å². The van der Waals surface area contributed by atoms with E-state index in [1.165, 1.54) is 0 Å². The zero-order chi connectivity index (χ0) is 14.4. The molecular formula is C15H16NNaO3S. The third-order valence-electron chi connectivity index (χ3n) is 3.12. The maximum atomic E-state index is 10.6. The number of hydrogen-bond donors (Lipinski definition) is 1. The van der Waals surface area contributed by atoms with Gasteiger partial charge in [-0.2, -0.15) is 0 Å². The molecule has 1 N–H and O–H groups in total. The van der Waals surface area contributed by atoms with Crippen molar-refractivity contribution in [2.45, 2.75) is 12.3 Å². The largest absolute Gasteiger partial charge is 1.00 e. The molecule has 2 rings (SSSR count). The van der Waals surface area contributed by atoms with Crippen LogP contribution in [0.5, 0.6) is 0 Å². The average Bonchev–Trinajstić information content (AvgIpc) is 2.44. The van der Waals surface area contributed by atoms with Gasteiger partial charge in [-0.15, -0.1) is 0 Å². The van der Waals surface area contributed by atoms with Gasteiger partial charge in [-0.05, 0) is 17.5 Å². The van der Waals surface area contributed by atoms with E-state index in [0.29, 0.717) is 6.42 Å². The average molecular weight is 313 g/mol. The zero-order valence-corrected chi connectivity index (χ0v) is 14.7. The van der Waals surface area contributed by atoms with Gasteiger partial charge in [-0.25, -0.2) is 13.1 Å². The summed E-state index contributed by atoms with van der Waals surface area (Å²) < 4.78 is 33.9. The second-order valence-electron chi connectivity index (χ2n) is 4.51. The molecule has 0 radical (unpaired) electrons. The first-order chi connectivity index (χ1) is 9.56. The predicted octanol–water partition coefficient (Wildman–Crippen LogP) is -0.738. The number of nitrogens with one attached hydrogen (secondary N) is 1. The maximum absolute atomic E-state index is 10.6. The van der Waals surface area contributed by atoms with Crippen LogP contribution >= 0.6 is 0 Å². The van der Waals surface area contributed by atoms with E-state index in [9.17, 15) is 13.0 Å². The minimum absolute atomic E-state index is 0. The third-order valence-corrected chi connectivity index (χ3v) is 3.67. The van der Waals surface area contributed by atoms with Crippen molar-refractivity contribution >= 4 is 10.3 Å². The molecule has 21 heavy (non-hydrogen) atoms. The molecule has 106 valence electrons. The van der Waals surface area contributed by atoms with Crippen molar-refractivity contribution < 1.29 is 42.5 Å². The van der Waals surface area contributed by atoms with Crippen LogP contribution in [0.15, 0.2) is 60.7 Å². The van der Waals surface area contributed by atoms with Crippen LogP contribution in [0.25, 0.3) is 0 Å². The van der Waals surface area contributed by atoms with Crippen LogP contribution in [-0.2, 0) is 10.3 Å². The molecule has 2 aromatic rings. The van der Waals surface area contributed by atoms with Gasteiger partial charge >= 0.3 is 29.6 Å². The van der Waals surface area contributed by atoms with Gasteiger partial charge in [-0.3, -0.25) is 0 Å². The van der Waals surface area contributed by atoms with E-state index in [2.05, 4.69) is 0 Å². The zero-order valence-electron chi connectivity index (χ0n) is 11.9. The third kappa shape index (κ3) is 6.30. The van der Waals surface area contributed by atoms with Crippen LogP contribution in [-0.4, -0.2) is 19.5 Å². The summed E-state index contributed by atoms with van der Waals surface area (Å²) in [6, 6.07) is 19.7. The molecule has 0 aliphatic heterocycles. The summed E-state index contributed by atoms with van der Waals surface area (Å²) in [6.45, 7) is 0.125. The summed E-state index contributed by atoms with van der Waals surface area (Å²) in [5, 5.41) is 0. The Labute approximate surface area is 147 Å². The van der Waals surface area contributed by atoms with Gasteiger partial charge in [0.15, 0.2) is 10.3 Å². The maximum Gasteiger partial charge on any atom is 1.00 e. The quantitative estimate of drug-likeness (QED) is 0.564. The van der Waals surface area contributed by atoms with Gasteiger partial charge in [-0.1, -0.05) is 60.7 Å². The molecule has 0 fully saturated rings. The van der Waals surface area contributed by atoms with E-state index in [4.69, 9.17) is 0 Å². The molecule has 0 atom stereocenters. The summed E-state index contributed by atoms with van der Waals surface area (Å²) in [4.78, 5) is 0. The molecule has 0 unspecified atom stereocenters.